The minimum Gasteiger partial charge on any atom is -0.481 e. The van der Waals surface area contributed by atoms with Gasteiger partial charge in [0, 0.05) is 4.47 Å². The van der Waals surface area contributed by atoms with Gasteiger partial charge in [0.15, 0.2) is 0 Å². The number of carbonyl (C=O) groups excluding carboxylic acids is 1. The van der Waals surface area contributed by atoms with Gasteiger partial charge in [-0.25, -0.2) is 0 Å². The number of hydrogen-bond donors (Lipinski definition) is 2. The SMILES string of the molecule is Cc1ccc(NC(=O)CSCC2(CC(=O)O)CC2)c(Br)c1. The molecular formula is C15H18BrNO3S. The van der Waals surface area contributed by atoms with Gasteiger partial charge in [-0.1, -0.05) is 6.07 Å². The third-order valence-electron chi connectivity index (χ3n) is 3.52. The quantitative estimate of drug-likeness (QED) is 0.766. The second kappa shape index (κ2) is 6.83. The zero-order valence-corrected chi connectivity index (χ0v) is 14.2. The molecule has 0 radical (unpaired) electrons. The van der Waals surface area contributed by atoms with E-state index in [0.717, 1.165) is 34.3 Å². The summed E-state index contributed by atoms with van der Waals surface area (Å²) in [5.41, 5.74) is 1.82. The van der Waals surface area contributed by atoms with Crippen LogP contribution in [0.5, 0.6) is 0 Å². The summed E-state index contributed by atoms with van der Waals surface area (Å²) in [6, 6.07) is 5.77. The minimum absolute atomic E-state index is 0.0596. The lowest BCUT2D eigenvalue weighted by Gasteiger charge is -2.12. The van der Waals surface area contributed by atoms with Gasteiger partial charge in [0.1, 0.15) is 0 Å². The van der Waals surface area contributed by atoms with Crippen molar-refractivity contribution in [3.8, 4) is 0 Å². The van der Waals surface area contributed by atoms with E-state index in [1.54, 1.807) is 0 Å². The van der Waals surface area contributed by atoms with Crippen molar-refractivity contribution in [3.63, 3.8) is 0 Å². The third-order valence-corrected chi connectivity index (χ3v) is 5.46. The molecule has 1 aromatic carbocycles. The summed E-state index contributed by atoms with van der Waals surface area (Å²) in [6.07, 6.45) is 2.12. The van der Waals surface area contributed by atoms with Crippen LogP contribution in [0.4, 0.5) is 5.69 Å². The summed E-state index contributed by atoms with van der Waals surface area (Å²) in [4.78, 5) is 22.7. The molecule has 1 fully saturated rings. The molecule has 0 heterocycles. The van der Waals surface area contributed by atoms with Gasteiger partial charge in [-0.3, -0.25) is 9.59 Å². The molecule has 0 bridgehead atoms. The van der Waals surface area contributed by atoms with Crippen LogP contribution < -0.4 is 5.32 Å². The summed E-state index contributed by atoms with van der Waals surface area (Å²) < 4.78 is 0.866. The molecule has 0 atom stereocenters. The summed E-state index contributed by atoms with van der Waals surface area (Å²) >= 11 is 4.94. The molecule has 0 spiro atoms. The van der Waals surface area contributed by atoms with E-state index in [9.17, 15) is 9.59 Å². The Labute approximate surface area is 136 Å². The Balaban J connectivity index is 1.76. The van der Waals surface area contributed by atoms with Gasteiger partial charge in [-0.2, -0.15) is 11.8 Å². The number of halogens is 1. The van der Waals surface area contributed by atoms with E-state index in [1.165, 1.54) is 11.8 Å². The Kier molecular flexibility index (Phi) is 5.32. The van der Waals surface area contributed by atoms with Crippen molar-refractivity contribution in [1.29, 1.82) is 0 Å². The van der Waals surface area contributed by atoms with E-state index >= 15 is 0 Å². The smallest absolute Gasteiger partial charge is 0.303 e. The highest BCUT2D eigenvalue weighted by Gasteiger charge is 2.44. The van der Waals surface area contributed by atoms with E-state index < -0.39 is 5.97 Å². The van der Waals surface area contributed by atoms with Crippen LogP contribution in [0.2, 0.25) is 0 Å². The largest absolute Gasteiger partial charge is 0.481 e. The first-order chi connectivity index (χ1) is 9.90. The maximum atomic E-state index is 11.9. The fraction of sp³-hybridized carbons (Fsp3) is 0.467. The summed E-state index contributed by atoms with van der Waals surface area (Å²) in [5, 5.41) is 11.7. The summed E-state index contributed by atoms with van der Waals surface area (Å²) in [6.45, 7) is 1.99. The van der Waals surface area contributed by atoms with Crippen LogP contribution in [-0.2, 0) is 9.59 Å². The van der Waals surface area contributed by atoms with E-state index in [-0.39, 0.29) is 17.7 Å². The number of carboxylic acid groups (broad SMARTS) is 1. The van der Waals surface area contributed by atoms with Crippen LogP contribution in [0.25, 0.3) is 0 Å². The zero-order valence-electron chi connectivity index (χ0n) is 11.8. The van der Waals surface area contributed by atoms with E-state index in [2.05, 4.69) is 21.2 Å². The minimum atomic E-state index is -0.749. The Hall–Kier alpha value is -1.01. The van der Waals surface area contributed by atoms with Gasteiger partial charge in [-0.15, -0.1) is 0 Å². The number of carboxylic acids is 1. The molecule has 1 amide bonds. The Morgan fingerprint density at radius 1 is 1.43 bits per heavy atom. The number of rotatable bonds is 7. The third kappa shape index (κ3) is 5.04. The van der Waals surface area contributed by atoms with Crippen LogP contribution in [0.15, 0.2) is 22.7 Å². The van der Waals surface area contributed by atoms with Crippen molar-refractivity contribution >= 4 is 45.3 Å². The molecule has 0 aromatic heterocycles. The molecular weight excluding hydrogens is 354 g/mol. The van der Waals surface area contributed by atoms with E-state index in [0.29, 0.717) is 5.75 Å². The molecule has 1 aliphatic rings. The van der Waals surface area contributed by atoms with Crippen LogP contribution in [0.1, 0.15) is 24.8 Å². The van der Waals surface area contributed by atoms with Crippen LogP contribution in [-0.4, -0.2) is 28.5 Å². The fourth-order valence-corrected chi connectivity index (χ4v) is 3.91. The number of carbonyl (C=O) groups is 2. The Morgan fingerprint density at radius 3 is 2.71 bits per heavy atom. The first kappa shape index (κ1) is 16.4. The molecule has 0 saturated heterocycles. The van der Waals surface area contributed by atoms with Crippen molar-refractivity contribution in [3.05, 3.63) is 28.2 Å². The number of anilines is 1. The molecule has 2 N–H and O–H groups in total. The highest BCUT2D eigenvalue weighted by Crippen LogP contribution is 2.50. The Morgan fingerprint density at radius 2 is 2.14 bits per heavy atom. The van der Waals surface area contributed by atoms with Gasteiger partial charge < -0.3 is 10.4 Å². The number of benzene rings is 1. The van der Waals surface area contributed by atoms with E-state index in [4.69, 9.17) is 5.11 Å². The number of aliphatic carboxylic acids is 1. The molecule has 21 heavy (non-hydrogen) atoms. The lowest BCUT2D eigenvalue weighted by atomic mass is 10.1. The molecule has 2 rings (SSSR count). The molecule has 1 saturated carbocycles. The molecule has 6 heteroatoms. The summed E-state index contributed by atoms with van der Waals surface area (Å²) in [5.74, 6) is 0.278. The first-order valence-corrected chi connectivity index (χ1v) is 8.71. The molecule has 4 nitrogen and oxygen atoms in total. The zero-order chi connectivity index (χ0) is 15.5. The second-order valence-corrected chi connectivity index (χ2v) is 7.43. The molecule has 0 unspecified atom stereocenters. The van der Waals surface area contributed by atoms with Crippen molar-refractivity contribution in [2.45, 2.75) is 26.2 Å². The number of nitrogens with one attached hydrogen (secondary N) is 1. The van der Waals surface area contributed by atoms with Gasteiger partial charge in [-0.05, 0) is 64.6 Å². The maximum absolute atomic E-state index is 11.9. The number of thioether (sulfide) groups is 1. The lowest BCUT2D eigenvalue weighted by Crippen LogP contribution is -2.17. The normalized spacial score (nSPS) is 15.5. The van der Waals surface area contributed by atoms with Crippen molar-refractivity contribution in [2.24, 2.45) is 5.41 Å². The van der Waals surface area contributed by atoms with E-state index in [1.807, 2.05) is 25.1 Å². The van der Waals surface area contributed by atoms with Gasteiger partial charge in [0.05, 0.1) is 17.9 Å². The number of aryl methyl sites for hydroxylation is 1. The predicted molar refractivity (Wildman–Crippen MR) is 88.8 cm³/mol. The van der Waals surface area contributed by atoms with Crippen LogP contribution in [0.3, 0.4) is 0 Å². The standard InChI is InChI=1S/C15H18BrNO3S/c1-10-2-3-12(11(16)6-10)17-13(18)8-21-9-15(4-5-15)7-14(19)20/h2-3,6H,4-5,7-9H2,1H3,(H,17,18)(H,19,20). The lowest BCUT2D eigenvalue weighted by molar-refractivity contribution is -0.138. The molecule has 1 aliphatic carbocycles. The highest BCUT2D eigenvalue weighted by molar-refractivity contribution is 9.10. The van der Waals surface area contributed by atoms with Gasteiger partial charge >= 0.3 is 5.97 Å². The van der Waals surface area contributed by atoms with Crippen LogP contribution in [0, 0.1) is 12.3 Å². The van der Waals surface area contributed by atoms with Crippen molar-refractivity contribution in [1.82, 2.24) is 0 Å². The second-order valence-electron chi connectivity index (χ2n) is 5.59. The maximum Gasteiger partial charge on any atom is 0.303 e. The Bertz CT molecular complexity index is 558. The monoisotopic (exact) mass is 371 g/mol. The van der Waals surface area contributed by atoms with Crippen LogP contribution >= 0.6 is 27.7 Å². The van der Waals surface area contributed by atoms with Gasteiger partial charge in [0.25, 0.3) is 0 Å². The fourth-order valence-electron chi connectivity index (χ4n) is 2.14. The average Bonchev–Trinajstić information content (AvgIpc) is 3.11. The molecule has 114 valence electrons. The molecule has 0 aliphatic heterocycles. The van der Waals surface area contributed by atoms with Gasteiger partial charge in [0.2, 0.25) is 5.91 Å². The first-order valence-electron chi connectivity index (χ1n) is 6.76. The predicted octanol–water partition coefficient (Wildman–Crippen LogP) is 3.68. The number of amides is 1. The van der Waals surface area contributed by atoms with Crippen molar-refractivity contribution in [2.75, 3.05) is 16.8 Å². The van der Waals surface area contributed by atoms with Crippen molar-refractivity contribution < 1.29 is 14.7 Å². The average molecular weight is 372 g/mol. The molecule has 1 aromatic rings. The topological polar surface area (TPSA) is 66.4 Å². The highest BCUT2D eigenvalue weighted by atomic mass is 79.9. The summed E-state index contributed by atoms with van der Waals surface area (Å²) in [7, 11) is 0. The number of hydrogen-bond acceptors (Lipinski definition) is 3.